The van der Waals surface area contributed by atoms with Crippen molar-refractivity contribution in [3.8, 4) is 0 Å². The van der Waals surface area contributed by atoms with Crippen molar-refractivity contribution in [2.75, 3.05) is 13.2 Å². The zero-order chi connectivity index (χ0) is 16.8. The minimum Gasteiger partial charge on any atom is -0.478 e. The number of carbonyl (C=O) groups is 2. The number of carbonyl (C=O) groups excluding carboxylic acids is 1. The van der Waals surface area contributed by atoms with Gasteiger partial charge in [-0.25, -0.2) is 4.79 Å². The Morgan fingerprint density at radius 2 is 1.95 bits per heavy atom. The van der Waals surface area contributed by atoms with Crippen molar-refractivity contribution in [3.63, 3.8) is 0 Å². The van der Waals surface area contributed by atoms with Gasteiger partial charge in [0.15, 0.2) is 0 Å². The van der Waals surface area contributed by atoms with Crippen LogP contribution >= 0.6 is 0 Å². The summed E-state index contributed by atoms with van der Waals surface area (Å²) in [6, 6.07) is 5.41. The highest BCUT2D eigenvalue weighted by molar-refractivity contribution is 5.91. The first-order valence-electron chi connectivity index (χ1n) is 6.44. The predicted octanol–water partition coefficient (Wildman–Crippen LogP) is 2.01. The second kappa shape index (κ2) is 7.79. The quantitative estimate of drug-likeness (QED) is 0.806. The fourth-order valence-corrected chi connectivity index (χ4v) is 1.78. The van der Waals surface area contributed by atoms with E-state index in [-0.39, 0.29) is 18.6 Å². The molecule has 0 bridgehead atoms. The van der Waals surface area contributed by atoms with Gasteiger partial charge in [0.1, 0.15) is 6.61 Å². The van der Waals surface area contributed by atoms with E-state index in [1.54, 1.807) is 12.1 Å². The first-order chi connectivity index (χ1) is 10.2. The van der Waals surface area contributed by atoms with Gasteiger partial charge < -0.3 is 15.2 Å². The SMILES string of the molecule is CC(COCC(F)(F)F)NC(=O)Cc1ccccc1C(=O)O. The third-order valence-corrected chi connectivity index (χ3v) is 2.64. The first-order valence-corrected chi connectivity index (χ1v) is 6.44. The topological polar surface area (TPSA) is 75.6 Å². The largest absolute Gasteiger partial charge is 0.478 e. The normalized spacial score (nSPS) is 12.7. The fourth-order valence-electron chi connectivity index (χ4n) is 1.78. The second-order valence-corrected chi connectivity index (χ2v) is 4.74. The summed E-state index contributed by atoms with van der Waals surface area (Å²) in [5.74, 6) is -1.64. The molecule has 1 rings (SSSR count). The van der Waals surface area contributed by atoms with Gasteiger partial charge in [-0.3, -0.25) is 4.79 Å². The summed E-state index contributed by atoms with van der Waals surface area (Å²) in [7, 11) is 0. The number of hydrogen-bond acceptors (Lipinski definition) is 3. The van der Waals surface area contributed by atoms with Crippen LogP contribution in [0.1, 0.15) is 22.8 Å². The average Bonchev–Trinajstić information content (AvgIpc) is 2.37. The lowest BCUT2D eigenvalue weighted by Gasteiger charge is -2.15. The molecule has 2 N–H and O–H groups in total. The Balaban J connectivity index is 2.48. The van der Waals surface area contributed by atoms with Crippen molar-refractivity contribution < 1.29 is 32.6 Å². The van der Waals surface area contributed by atoms with Gasteiger partial charge in [0.2, 0.25) is 5.91 Å². The molecule has 1 aromatic rings. The summed E-state index contributed by atoms with van der Waals surface area (Å²) >= 11 is 0. The molecule has 1 unspecified atom stereocenters. The monoisotopic (exact) mass is 319 g/mol. The zero-order valence-corrected chi connectivity index (χ0v) is 11.8. The van der Waals surface area contributed by atoms with Crippen LogP contribution in [0.2, 0.25) is 0 Å². The highest BCUT2D eigenvalue weighted by atomic mass is 19.4. The molecule has 0 heterocycles. The van der Waals surface area contributed by atoms with Gasteiger partial charge in [-0.05, 0) is 18.6 Å². The van der Waals surface area contributed by atoms with Crippen molar-refractivity contribution >= 4 is 11.9 Å². The lowest BCUT2D eigenvalue weighted by atomic mass is 10.0. The molecule has 5 nitrogen and oxygen atoms in total. The van der Waals surface area contributed by atoms with Crippen molar-refractivity contribution in [3.05, 3.63) is 35.4 Å². The Morgan fingerprint density at radius 1 is 1.32 bits per heavy atom. The van der Waals surface area contributed by atoms with Gasteiger partial charge in [-0.15, -0.1) is 0 Å². The van der Waals surface area contributed by atoms with Crippen LogP contribution in [-0.2, 0) is 16.0 Å². The van der Waals surface area contributed by atoms with Crippen molar-refractivity contribution in [1.82, 2.24) is 5.32 Å². The van der Waals surface area contributed by atoms with E-state index in [0.29, 0.717) is 5.56 Å². The van der Waals surface area contributed by atoms with E-state index in [0.717, 1.165) is 0 Å². The molecule has 0 saturated carbocycles. The Kier molecular flexibility index (Phi) is 6.36. The molecule has 0 radical (unpaired) electrons. The second-order valence-electron chi connectivity index (χ2n) is 4.74. The van der Waals surface area contributed by atoms with Crippen LogP contribution in [0.3, 0.4) is 0 Å². The lowest BCUT2D eigenvalue weighted by molar-refractivity contribution is -0.175. The van der Waals surface area contributed by atoms with Gasteiger partial charge >= 0.3 is 12.1 Å². The van der Waals surface area contributed by atoms with E-state index in [1.165, 1.54) is 19.1 Å². The third kappa shape index (κ3) is 6.57. The van der Waals surface area contributed by atoms with E-state index in [1.807, 2.05) is 0 Å². The van der Waals surface area contributed by atoms with Crippen LogP contribution in [-0.4, -0.2) is 42.4 Å². The Labute approximate surface area is 125 Å². The molecule has 0 saturated heterocycles. The number of ether oxygens (including phenoxy) is 1. The van der Waals surface area contributed by atoms with E-state index in [4.69, 9.17) is 5.11 Å². The lowest BCUT2D eigenvalue weighted by Crippen LogP contribution is -2.37. The third-order valence-electron chi connectivity index (χ3n) is 2.64. The summed E-state index contributed by atoms with van der Waals surface area (Å²) in [5.41, 5.74) is 0.342. The summed E-state index contributed by atoms with van der Waals surface area (Å²) < 4.78 is 40.2. The zero-order valence-electron chi connectivity index (χ0n) is 11.8. The Bertz CT molecular complexity index is 531. The molecule has 1 aromatic carbocycles. The van der Waals surface area contributed by atoms with E-state index in [2.05, 4.69) is 10.1 Å². The number of carboxylic acid groups (broad SMARTS) is 1. The average molecular weight is 319 g/mol. The van der Waals surface area contributed by atoms with Gasteiger partial charge in [0, 0.05) is 6.04 Å². The number of amides is 1. The molecule has 122 valence electrons. The number of rotatable bonds is 7. The highest BCUT2D eigenvalue weighted by Crippen LogP contribution is 2.14. The maximum absolute atomic E-state index is 11.9. The molecule has 1 atom stereocenters. The Morgan fingerprint density at radius 3 is 2.55 bits per heavy atom. The summed E-state index contributed by atoms with van der Waals surface area (Å²) in [4.78, 5) is 22.8. The molecule has 22 heavy (non-hydrogen) atoms. The molecule has 1 amide bonds. The minimum absolute atomic E-state index is 0.0126. The van der Waals surface area contributed by atoms with Gasteiger partial charge in [-0.1, -0.05) is 18.2 Å². The standard InChI is InChI=1S/C14H16F3NO4/c1-9(7-22-8-14(15,16)17)18-12(19)6-10-4-2-3-5-11(10)13(20)21/h2-5,9H,6-8H2,1H3,(H,18,19)(H,20,21). The fraction of sp³-hybridized carbons (Fsp3) is 0.429. The van der Waals surface area contributed by atoms with Crippen molar-refractivity contribution in [1.29, 1.82) is 0 Å². The maximum Gasteiger partial charge on any atom is 0.411 e. The van der Waals surface area contributed by atoms with Gasteiger partial charge in [-0.2, -0.15) is 13.2 Å². The molecule has 8 heteroatoms. The number of nitrogens with one attached hydrogen (secondary N) is 1. The van der Waals surface area contributed by atoms with Crippen LogP contribution in [0.4, 0.5) is 13.2 Å². The van der Waals surface area contributed by atoms with Gasteiger partial charge in [0.25, 0.3) is 0 Å². The number of halogens is 3. The number of benzene rings is 1. The smallest absolute Gasteiger partial charge is 0.411 e. The Hall–Kier alpha value is -2.09. The summed E-state index contributed by atoms with van der Waals surface area (Å²) in [6.07, 6.45) is -4.59. The van der Waals surface area contributed by atoms with E-state index in [9.17, 15) is 22.8 Å². The summed E-state index contributed by atoms with van der Waals surface area (Å²) in [6.45, 7) is -0.168. The molecule has 0 aromatic heterocycles. The van der Waals surface area contributed by atoms with Crippen molar-refractivity contribution in [2.24, 2.45) is 0 Å². The molecule has 0 fully saturated rings. The number of alkyl halides is 3. The number of hydrogen-bond donors (Lipinski definition) is 2. The van der Waals surface area contributed by atoms with E-state index >= 15 is 0 Å². The van der Waals surface area contributed by atoms with Gasteiger partial charge in [0.05, 0.1) is 18.6 Å². The number of carboxylic acids is 1. The summed E-state index contributed by atoms with van der Waals surface area (Å²) in [5, 5.41) is 11.5. The molecular weight excluding hydrogens is 303 g/mol. The molecule has 0 aliphatic heterocycles. The van der Waals surface area contributed by atoms with Crippen molar-refractivity contribution in [2.45, 2.75) is 25.6 Å². The molecular formula is C14H16F3NO4. The molecule has 0 aliphatic rings. The van der Waals surface area contributed by atoms with E-state index < -0.39 is 30.7 Å². The molecule has 0 spiro atoms. The highest BCUT2D eigenvalue weighted by Gasteiger charge is 2.27. The molecule has 0 aliphatic carbocycles. The number of aromatic carboxylic acids is 1. The van der Waals surface area contributed by atoms with Crippen LogP contribution in [0.15, 0.2) is 24.3 Å². The van der Waals surface area contributed by atoms with Crippen LogP contribution in [0, 0.1) is 0 Å². The van der Waals surface area contributed by atoms with Crippen LogP contribution in [0.25, 0.3) is 0 Å². The first kappa shape index (κ1) is 18.0. The maximum atomic E-state index is 11.9. The minimum atomic E-state index is -4.41. The van der Waals surface area contributed by atoms with Crippen LogP contribution in [0.5, 0.6) is 0 Å². The van der Waals surface area contributed by atoms with Crippen LogP contribution < -0.4 is 5.32 Å². The predicted molar refractivity (Wildman–Crippen MR) is 71.6 cm³/mol.